The Morgan fingerprint density at radius 1 is 0.846 bits per heavy atom. The second-order valence-electron chi connectivity index (χ2n) is 3.81. The van der Waals surface area contributed by atoms with E-state index in [9.17, 15) is 0 Å². The van der Waals surface area contributed by atoms with Gasteiger partial charge in [0.2, 0.25) is 0 Å². The molecule has 0 saturated heterocycles. The summed E-state index contributed by atoms with van der Waals surface area (Å²) in [5.74, 6) is 0. The highest BCUT2D eigenvalue weighted by Gasteiger charge is 2.15. The first kappa shape index (κ1) is 13.4. The maximum absolute atomic E-state index is 2.38. The van der Waals surface area contributed by atoms with E-state index in [0.29, 0.717) is 7.92 Å². The molecule has 0 aliphatic heterocycles. The summed E-state index contributed by atoms with van der Waals surface area (Å²) in [6.07, 6.45) is 10.1. The maximum atomic E-state index is 2.38. The predicted octanol–water partition coefficient (Wildman–Crippen LogP) is 4.87. The first-order chi connectivity index (χ1) is 6.29. The lowest BCUT2D eigenvalue weighted by Gasteiger charge is -2.25. The summed E-state index contributed by atoms with van der Waals surface area (Å²) in [6.45, 7) is 9.40. The van der Waals surface area contributed by atoms with Crippen LogP contribution in [0.3, 0.4) is 0 Å². The molecule has 0 aromatic carbocycles. The molecule has 0 rings (SSSR count). The Balaban J connectivity index is 3.88. The molecule has 0 aliphatic carbocycles. The van der Waals surface area contributed by atoms with Gasteiger partial charge in [-0.2, -0.15) is 0 Å². The molecule has 0 nitrogen and oxygen atoms in total. The van der Waals surface area contributed by atoms with Crippen LogP contribution in [-0.2, 0) is 0 Å². The fourth-order valence-corrected chi connectivity index (χ4v) is 4.67. The van der Waals surface area contributed by atoms with Gasteiger partial charge >= 0.3 is 0 Å². The Kier molecular flexibility index (Phi) is 9.30. The average molecular weight is 202 g/mol. The Morgan fingerprint density at radius 3 is 1.85 bits per heavy atom. The number of rotatable bonds is 8. The van der Waals surface area contributed by atoms with Gasteiger partial charge in [-0.25, -0.2) is 0 Å². The van der Waals surface area contributed by atoms with Gasteiger partial charge in [0.05, 0.1) is 0 Å². The van der Waals surface area contributed by atoms with E-state index in [0.717, 1.165) is 5.66 Å². The third-order valence-electron chi connectivity index (χ3n) is 2.84. The molecule has 13 heavy (non-hydrogen) atoms. The zero-order valence-corrected chi connectivity index (χ0v) is 10.9. The summed E-state index contributed by atoms with van der Waals surface area (Å²) < 4.78 is 0. The SMILES string of the molecule is CCCCC(CCC)P(CC)CC. The smallest absolute Gasteiger partial charge is 0.0209 e. The lowest BCUT2D eigenvalue weighted by atomic mass is 10.1. The molecule has 0 saturated carbocycles. The van der Waals surface area contributed by atoms with Gasteiger partial charge in [0, 0.05) is 0 Å². The van der Waals surface area contributed by atoms with Crippen LogP contribution >= 0.6 is 7.92 Å². The Bertz CT molecular complexity index is 97.3. The minimum atomic E-state index is 0.363. The Morgan fingerprint density at radius 2 is 1.46 bits per heavy atom. The van der Waals surface area contributed by atoms with Crippen molar-refractivity contribution < 1.29 is 0 Å². The highest BCUT2D eigenvalue weighted by molar-refractivity contribution is 7.58. The van der Waals surface area contributed by atoms with Crippen LogP contribution in [0, 0.1) is 0 Å². The van der Waals surface area contributed by atoms with Gasteiger partial charge in [-0.1, -0.05) is 47.0 Å². The molecule has 0 bridgehead atoms. The van der Waals surface area contributed by atoms with Gasteiger partial charge in [0.15, 0.2) is 0 Å². The molecule has 0 aromatic heterocycles. The van der Waals surface area contributed by atoms with Gasteiger partial charge in [-0.15, -0.1) is 7.92 Å². The number of hydrogen-bond acceptors (Lipinski definition) is 0. The summed E-state index contributed by atoms with van der Waals surface area (Å²) in [5.41, 5.74) is 1.08. The van der Waals surface area contributed by atoms with Gasteiger partial charge in [0.1, 0.15) is 0 Å². The van der Waals surface area contributed by atoms with Crippen molar-refractivity contribution in [1.29, 1.82) is 0 Å². The second kappa shape index (κ2) is 9.00. The van der Waals surface area contributed by atoms with Crippen LogP contribution < -0.4 is 0 Å². The molecular formula is C12H27P. The quantitative estimate of drug-likeness (QED) is 0.493. The molecule has 0 fully saturated rings. The molecule has 0 aliphatic rings. The molecule has 1 heteroatoms. The van der Waals surface area contributed by atoms with E-state index in [1.807, 2.05) is 0 Å². The third-order valence-corrected chi connectivity index (χ3v) is 6.02. The fraction of sp³-hybridized carbons (Fsp3) is 1.00. The topological polar surface area (TPSA) is 0 Å². The molecule has 0 amide bonds. The highest BCUT2D eigenvalue weighted by atomic mass is 31.1. The molecule has 1 atom stereocenters. The van der Waals surface area contributed by atoms with Crippen molar-refractivity contribution in [3.8, 4) is 0 Å². The van der Waals surface area contributed by atoms with E-state index in [4.69, 9.17) is 0 Å². The fourth-order valence-electron chi connectivity index (χ4n) is 2.02. The third kappa shape index (κ3) is 5.68. The summed E-state index contributed by atoms with van der Waals surface area (Å²) in [4.78, 5) is 0. The highest BCUT2D eigenvalue weighted by Crippen LogP contribution is 2.44. The minimum Gasteiger partial charge on any atom is -0.104 e. The summed E-state index contributed by atoms with van der Waals surface area (Å²) in [7, 11) is 0.363. The van der Waals surface area contributed by atoms with E-state index in [-0.39, 0.29) is 0 Å². The zero-order chi connectivity index (χ0) is 10.1. The van der Waals surface area contributed by atoms with Crippen LogP contribution in [-0.4, -0.2) is 18.0 Å². The van der Waals surface area contributed by atoms with Crippen molar-refractivity contribution in [3.05, 3.63) is 0 Å². The largest absolute Gasteiger partial charge is 0.104 e. The molecule has 0 spiro atoms. The molecule has 80 valence electrons. The number of hydrogen-bond donors (Lipinski definition) is 0. The van der Waals surface area contributed by atoms with E-state index >= 15 is 0 Å². The molecule has 0 heterocycles. The predicted molar refractivity (Wildman–Crippen MR) is 66.2 cm³/mol. The maximum Gasteiger partial charge on any atom is -0.0209 e. The molecule has 1 unspecified atom stereocenters. The second-order valence-corrected chi connectivity index (χ2v) is 6.98. The molecular weight excluding hydrogens is 175 g/mol. The summed E-state index contributed by atoms with van der Waals surface area (Å²) in [5, 5.41) is 0. The van der Waals surface area contributed by atoms with E-state index in [1.54, 1.807) is 0 Å². The van der Waals surface area contributed by atoms with Gasteiger partial charge < -0.3 is 0 Å². The molecule has 0 N–H and O–H groups in total. The van der Waals surface area contributed by atoms with E-state index in [1.165, 1.54) is 44.4 Å². The minimum absolute atomic E-state index is 0.363. The van der Waals surface area contributed by atoms with Crippen molar-refractivity contribution in [3.63, 3.8) is 0 Å². The number of unbranched alkanes of at least 4 members (excludes halogenated alkanes) is 1. The van der Waals surface area contributed by atoms with Crippen molar-refractivity contribution in [2.45, 2.75) is 65.5 Å². The normalized spacial score (nSPS) is 13.6. The lowest BCUT2D eigenvalue weighted by Crippen LogP contribution is -2.08. The van der Waals surface area contributed by atoms with Crippen molar-refractivity contribution in [1.82, 2.24) is 0 Å². The van der Waals surface area contributed by atoms with Crippen LogP contribution in [0.15, 0.2) is 0 Å². The van der Waals surface area contributed by atoms with Gasteiger partial charge in [0.25, 0.3) is 0 Å². The molecule has 0 radical (unpaired) electrons. The van der Waals surface area contributed by atoms with Crippen molar-refractivity contribution in [2.75, 3.05) is 12.3 Å². The summed E-state index contributed by atoms with van der Waals surface area (Å²) in [6, 6.07) is 0. The standard InChI is InChI=1S/C12H27P/c1-5-9-11-12(10-6-2)13(7-3)8-4/h12H,5-11H2,1-4H3. The van der Waals surface area contributed by atoms with Crippen molar-refractivity contribution in [2.24, 2.45) is 0 Å². The first-order valence-electron chi connectivity index (χ1n) is 6.04. The van der Waals surface area contributed by atoms with Crippen LogP contribution in [0.1, 0.15) is 59.8 Å². The lowest BCUT2D eigenvalue weighted by molar-refractivity contribution is 0.631. The molecule has 0 aromatic rings. The zero-order valence-electron chi connectivity index (χ0n) is 9.97. The Labute approximate surface area is 86.3 Å². The average Bonchev–Trinajstić information content (AvgIpc) is 2.16. The van der Waals surface area contributed by atoms with Crippen molar-refractivity contribution >= 4 is 7.92 Å². The van der Waals surface area contributed by atoms with E-state index < -0.39 is 0 Å². The van der Waals surface area contributed by atoms with Crippen LogP contribution in [0.4, 0.5) is 0 Å². The van der Waals surface area contributed by atoms with Crippen LogP contribution in [0.25, 0.3) is 0 Å². The Hall–Kier alpha value is 0.430. The van der Waals surface area contributed by atoms with Gasteiger partial charge in [-0.05, 0) is 30.8 Å². The van der Waals surface area contributed by atoms with Gasteiger partial charge in [-0.3, -0.25) is 0 Å². The van der Waals surface area contributed by atoms with Crippen LogP contribution in [0.5, 0.6) is 0 Å². The monoisotopic (exact) mass is 202 g/mol. The van der Waals surface area contributed by atoms with E-state index in [2.05, 4.69) is 27.7 Å². The van der Waals surface area contributed by atoms with Crippen LogP contribution in [0.2, 0.25) is 0 Å². The summed E-state index contributed by atoms with van der Waals surface area (Å²) >= 11 is 0. The first-order valence-corrected chi connectivity index (χ1v) is 7.82.